The third-order valence-corrected chi connectivity index (χ3v) is 2.47. The number of nitrogens with zero attached hydrogens (tertiary/aromatic N) is 1. The van der Waals surface area contributed by atoms with Gasteiger partial charge >= 0.3 is 0 Å². The highest BCUT2D eigenvalue weighted by Gasteiger charge is 2.03. The van der Waals surface area contributed by atoms with Crippen molar-refractivity contribution in [2.24, 2.45) is 4.99 Å². The van der Waals surface area contributed by atoms with Crippen LogP contribution in [0.2, 0.25) is 0 Å². The molecule has 0 saturated heterocycles. The SMILES string of the molecule is O=C=Nc1c(C=S)ccc2ccccc12. The van der Waals surface area contributed by atoms with Gasteiger partial charge < -0.3 is 0 Å². The largest absolute Gasteiger partial charge is 0.240 e. The summed E-state index contributed by atoms with van der Waals surface area (Å²) >= 11 is 4.87. The maximum atomic E-state index is 10.3. The van der Waals surface area contributed by atoms with Crippen LogP contribution in [0.25, 0.3) is 10.8 Å². The molecular formula is C12H7NOS. The maximum Gasteiger partial charge on any atom is 0.240 e. The van der Waals surface area contributed by atoms with Crippen LogP contribution in [0.3, 0.4) is 0 Å². The van der Waals surface area contributed by atoms with E-state index < -0.39 is 0 Å². The van der Waals surface area contributed by atoms with Crippen molar-refractivity contribution in [3.05, 3.63) is 42.0 Å². The van der Waals surface area contributed by atoms with Crippen LogP contribution in [-0.4, -0.2) is 11.4 Å². The molecule has 2 rings (SSSR count). The van der Waals surface area contributed by atoms with Crippen LogP contribution in [0.5, 0.6) is 0 Å². The number of thiocarbonyl (C=S) groups is 1. The Kier molecular flexibility index (Phi) is 2.68. The summed E-state index contributed by atoms with van der Waals surface area (Å²) < 4.78 is 0. The second-order valence-electron chi connectivity index (χ2n) is 3.05. The van der Waals surface area contributed by atoms with Gasteiger partial charge in [-0.1, -0.05) is 48.6 Å². The van der Waals surface area contributed by atoms with E-state index >= 15 is 0 Å². The van der Waals surface area contributed by atoms with Crippen molar-refractivity contribution in [1.29, 1.82) is 0 Å². The Balaban J connectivity index is 2.90. The molecule has 72 valence electrons. The van der Waals surface area contributed by atoms with E-state index in [1.807, 2.05) is 36.4 Å². The molecule has 0 saturated carbocycles. The van der Waals surface area contributed by atoms with Gasteiger partial charge in [0.05, 0.1) is 5.69 Å². The van der Waals surface area contributed by atoms with Crippen LogP contribution in [0, 0.1) is 0 Å². The van der Waals surface area contributed by atoms with Gasteiger partial charge in [0.2, 0.25) is 6.08 Å². The van der Waals surface area contributed by atoms with Gasteiger partial charge in [0.25, 0.3) is 0 Å². The number of fused-ring (bicyclic) bond motifs is 1. The Morgan fingerprint density at radius 1 is 1.20 bits per heavy atom. The first-order valence-corrected chi connectivity index (χ1v) is 4.89. The number of isocyanates is 1. The van der Waals surface area contributed by atoms with Crippen molar-refractivity contribution in [1.82, 2.24) is 0 Å². The van der Waals surface area contributed by atoms with Crippen LogP contribution in [0.15, 0.2) is 41.4 Å². The minimum atomic E-state index is 0.595. The molecule has 15 heavy (non-hydrogen) atoms. The Labute approximate surface area is 92.3 Å². The highest BCUT2D eigenvalue weighted by molar-refractivity contribution is 7.79. The molecule has 2 nitrogen and oxygen atoms in total. The number of hydrogen-bond donors (Lipinski definition) is 0. The van der Waals surface area contributed by atoms with Gasteiger partial charge in [-0.15, -0.1) is 0 Å². The van der Waals surface area contributed by atoms with E-state index in [1.54, 1.807) is 6.08 Å². The summed E-state index contributed by atoms with van der Waals surface area (Å²) in [6, 6.07) is 11.5. The Morgan fingerprint density at radius 3 is 2.73 bits per heavy atom. The first-order chi connectivity index (χ1) is 7.36. The molecule has 0 unspecified atom stereocenters. The van der Waals surface area contributed by atoms with Gasteiger partial charge in [-0.25, -0.2) is 4.79 Å². The molecule has 3 heteroatoms. The molecule has 0 atom stereocenters. The molecule has 0 spiro atoms. The second-order valence-corrected chi connectivity index (χ2v) is 3.28. The van der Waals surface area contributed by atoms with Gasteiger partial charge in [0, 0.05) is 16.3 Å². The summed E-state index contributed by atoms with van der Waals surface area (Å²) in [4.78, 5) is 14.0. The molecule has 0 amide bonds. The van der Waals surface area contributed by atoms with E-state index in [1.165, 1.54) is 5.37 Å². The fourth-order valence-electron chi connectivity index (χ4n) is 1.54. The molecule has 0 N–H and O–H groups in total. The van der Waals surface area contributed by atoms with Gasteiger partial charge in [-0.05, 0) is 5.39 Å². The van der Waals surface area contributed by atoms with E-state index in [-0.39, 0.29) is 0 Å². The average Bonchev–Trinajstić information content (AvgIpc) is 2.30. The zero-order valence-electron chi connectivity index (χ0n) is 7.81. The number of hydrogen-bond acceptors (Lipinski definition) is 3. The lowest BCUT2D eigenvalue weighted by molar-refractivity contribution is 0.565. The molecule has 0 aliphatic rings. The Bertz CT molecular complexity index is 571. The maximum absolute atomic E-state index is 10.3. The molecular weight excluding hydrogens is 206 g/mol. The third-order valence-electron chi connectivity index (χ3n) is 2.22. The van der Waals surface area contributed by atoms with Crippen LogP contribution in [-0.2, 0) is 4.79 Å². The van der Waals surface area contributed by atoms with Gasteiger partial charge in [-0.2, -0.15) is 4.99 Å². The smallest absolute Gasteiger partial charge is 0.211 e. The molecule has 0 aliphatic heterocycles. The summed E-state index contributed by atoms with van der Waals surface area (Å²) in [6.07, 6.45) is 1.56. The normalized spacial score (nSPS) is 9.60. The molecule has 2 aromatic rings. The van der Waals surface area contributed by atoms with Crippen LogP contribution >= 0.6 is 12.2 Å². The van der Waals surface area contributed by atoms with E-state index in [9.17, 15) is 4.79 Å². The lowest BCUT2D eigenvalue weighted by Crippen LogP contribution is -1.82. The van der Waals surface area contributed by atoms with Crippen LogP contribution in [0.1, 0.15) is 5.56 Å². The van der Waals surface area contributed by atoms with E-state index in [0.717, 1.165) is 16.3 Å². The van der Waals surface area contributed by atoms with Crippen molar-refractivity contribution < 1.29 is 4.79 Å². The molecule has 0 radical (unpaired) electrons. The molecule has 0 heterocycles. The van der Waals surface area contributed by atoms with E-state index in [4.69, 9.17) is 12.2 Å². The minimum Gasteiger partial charge on any atom is -0.211 e. The number of aliphatic imine (C=N–C) groups is 1. The monoisotopic (exact) mass is 213 g/mol. The number of carbonyl (C=O) groups excluding carboxylic acids is 1. The Morgan fingerprint density at radius 2 is 2.00 bits per heavy atom. The second kappa shape index (κ2) is 4.13. The van der Waals surface area contributed by atoms with E-state index in [2.05, 4.69) is 4.99 Å². The fourth-order valence-corrected chi connectivity index (χ4v) is 1.73. The fraction of sp³-hybridized carbons (Fsp3) is 0. The topological polar surface area (TPSA) is 29.4 Å². The Hall–Kier alpha value is -1.83. The van der Waals surface area contributed by atoms with Gasteiger partial charge in [0.15, 0.2) is 0 Å². The predicted molar refractivity (Wildman–Crippen MR) is 64.5 cm³/mol. The molecule has 2 aromatic carbocycles. The zero-order valence-corrected chi connectivity index (χ0v) is 8.62. The zero-order chi connectivity index (χ0) is 10.7. The van der Waals surface area contributed by atoms with Crippen molar-refractivity contribution in [3.8, 4) is 0 Å². The third kappa shape index (κ3) is 1.71. The predicted octanol–water partition coefficient (Wildman–Crippen LogP) is 3.15. The summed E-state index contributed by atoms with van der Waals surface area (Å²) in [7, 11) is 0. The summed E-state index contributed by atoms with van der Waals surface area (Å²) in [5.74, 6) is 0. The molecule has 0 fully saturated rings. The standard InChI is InChI=1S/C12H7NOS/c14-8-13-12-10(7-15)6-5-9-3-1-2-4-11(9)12/h1-7H. The molecule has 0 bridgehead atoms. The van der Waals surface area contributed by atoms with Crippen molar-refractivity contribution >= 4 is 40.1 Å². The van der Waals surface area contributed by atoms with Crippen molar-refractivity contribution in [2.45, 2.75) is 0 Å². The highest BCUT2D eigenvalue weighted by Crippen LogP contribution is 2.28. The van der Waals surface area contributed by atoms with Crippen LogP contribution < -0.4 is 0 Å². The summed E-state index contributed by atoms with van der Waals surface area (Å²) in [6.45, 7) is 0. The highest BCUT2D eigenvalue weighted by atomic mass is 32.1. The quantitative estimate of drug-likeness (QED) is 0.435. The molecule has 0 aromatic heterocycles. The van der Waals surface area contributed by atoms with Crippen molar-refractivity contribution in [3.63, 3.8) is 0 Å². The molecule has 0 aliphatic carbocycles. The minimum absolute atomic E-state index is 0.595. The summed E-state index contributed by atoms with van der Waals surface area (Å²) in [5, 5.41) is 3.47. The first-order valence-electron chi connectivity index (χ1n) is 4.41. The van der Waals surface area contributed by atoms with Crippen molar-refractivity contribution in [2.75, 3.05) is 0 Å². The van der Waals surface area contributed by atoms with Crippen LogP contribution in [0.4, 0.5) is 5.69 Å². The number of rotatable bonds is 2. The first kappa shape index (κ1) is 9.71. The average molecular weight is 213 g/mol. The van der Waals surface area contributed by atoms with Gasteiger partial charge in [-0.3, -0.25) is 0 Å². The lowest BCUT2D eigenvalue weighted by Gasteiger charge is -2.03. The summed E-state index contributed by atoms with van der Waals surface area (Å²) in [5.41, 5.74) is 1.37. The van der Waals surface area contributed by atoms with Gasteiger partial charge in [0.1, 0.15) is 0 Å². The number of benzene rings is 2. The van der Waals surface area contributed by atoms with E-state index in [0.29, 0.717) is 5.69 Å². The lowest BCUT2D eigenvalue weighted by atomic mass is 10.1.